The molecule has 3 aliphatic heterocycles. The molecule has 1 N–H and O–H groups in total. The fraction of sp³-hybridized carbons (Fsp3) is 0.826. The lowest BCUT2D eigenvalue weighted by atomic mass is 9.96. The molecule has 0 spiro atoms. The summed E-state index contributed by atoms with van der Waals surface area (Å²) in [6.45, 7) is 12.8. The number of aromatic nitrogens is 2. The third kappa shape index (κ3) is 5.66. The van der Waals surface area contributed by atoms with E-state index in [9.17, 15) is 5.11 Å². The fourth-order valence-electron chi connectivity index (χ4n) is 5.22. The minimum atomic E-state index is -0.826. The van der Waals surface area contributed by atoms with Gasteiger partial charge in [-0.2, -0.15) is 4.98 Å². The molecule has 1 aromatic heterocycles. The van der Waals surface area contributed by atoms with Gasteiger partial charge in [0.25, 0.3) is 0 Å². The standard InChI is InChI=1S/C23H39N5O3/c1-17-24-21(31-25-17)27-12-5-7-19(11-16-27)26-14-9-18(10-15-26)20-8-6-13-28(20)22(29)30-23(2,3)4/h9,19-20,22,29H,5-8,10-16H2,1-4H3/t19?,20-,22?/m0/s1. The molecule has 174 valence electrons. The average molecular weight is 434 g/mol. The van der Waals surface area contributed by atoms with Crippen molar-refractivity contribution in [2.45, 2.75) is 90.3 Å². The van der Waals surface area contributed by atoms with Crippen LogP contribution in [0, 0.1) is 6.92 Å². The molecule has 8 heteroatoms. The zero-order valence-electron chi connectivity index (χ0n) is 19.6. The summed E-state index contributed by atoms with van der Waals surface area (Å²) in [5.41, 5.74) is 1.12. The quantitative estimate of drug-likeness (QED) is 0.561. The van der Waals surface area contributed by atoms with Gasteiger partial charge in [-0.05, 0) is 66.2 Å². The zero-order chi connectivity index (χ0) is 22.0. The number of ether oxygens (including phenoxy) is 1. The summed E-state index contributed by atoms with van der Waals surface area (Å²) in [6, 6.07) is 1.57. The van der Waals surface area contributed by atoms with Gasteiger partial charge in [-0.25, -0.2) is 4.90 Å². The summed E-state index contributed by atoms with van der Waals surface area (Å²) in [4.78, 5) is 11.4. The molecule has 0 aromatic carbocycles. The van der Waals surface area contributed by atoms with Gasteiger partial charge < -0.3 is 19.3 Å². The molecule has 2 unspecified atom stereocenters. The first-order valence-corrected chi connectivity index (χ1v) is 11.9. The SMILES string of the molecule is Cc1noc(N2CCCC(N3CC=C([C@@H]4CCCN4C(O)OC(C)(C)C)CC3)CC2)n1. The van der Waals surface area contributed by atoms with E-state index in [0.717, 1.165) is 64.8 Å². The molecule has 3 aliphatic rings. The van der Waals surface area contributed by atoms with Crippen LogP contribution in [-0.4, -0.2) is 81.9 Å². The van der Waals surface area contributed by atoms with E-state index in [2.05, 4.69) is 30.9 Å². The van der Waals surface area contributed by atoms with Crippen molar-refractivity contribution in [3.63, 3.8) is 0 Å². The highest BCUT2D eigenvalue weighted by atomic mass is 16.6. The Hall–Kier alpha value is -1.48. The van der Waals surface area contributed by atoms with Crippen LogP contribution in [0.2, 0.25) is 0 Å². The van der Waals surface area contributed by atoms with E-state index in [-0.39, 0.29) is 5.60 Å². The first-order chi connectivity index (χ1) is 14.8. The monoisotopic (exact) mass is 433 g/mol. The Labute approximate surface area is 186 Å². The lowest BCUT2D eigenvalue weighted by Gasteiger charge is -2.38. The van der Waals surface area contributed by atoms with E-state index in [4.69, 9.17) is 9.26 Å². The Morgan fingerprint density at radius 1 is 1.13 bits per heavy atom. The summed E-state index contributed by atoms with van der Waals surface area (Å²) >= 11 is 0. The maximum Gasteiger partial charge on any atom is 0.324 e. The second-order valence-corrected chi connectivity index (χ2v) is 10.2. The number of nitrogens with zero attached hydrogens (tertiary/aromatic N) is 5. The average Bonchev–Trinajstić information content (AvgIpc) is 3.30. The lowest BCUT2D eigenvalue weighted by Crippen LogP contribution is -2.46. The van der Waals surface area contributed by atoms with Crippen molar-refractivity contribution in [1.29, 1.82) is 0 Å². The summed E-state index contributed by atoms with van der Waals surface area (Å²) in [5, 5.41) is 14.6. The van der Waals surface area contributed by atoms with E-state index in [0.29, 0.717) is 23.9 Å². The van der Waals surface area contributed by atoms with Crippen LogP contribution in [0.1, 0.15) is 65.1 Å². The van der Waals surface area contributed by atoms with Gasteiger partial charge in [0.15, 0.2) is 5.82 Å². The highest BCUT2D eigenvalue weighted by Crippen LogP contribution is 2.31. The molecule has 0 aliphatic carbocycles. The third-order valence-corrected chi connectivity index (χ3v) is 6.74. The summed E-state index contributed by atoms with van der Waals surface area (Å²) in [5.74, 6) is 0.698. The Morgan fingerprint density at radius 3 is 2.61 bits per heavy atom. The first kappa shape index (κ1) is 22.7. The topological polar surface area (TPSA) is 78.1 Å². The Bertz CT molecular complexity index is 759. The van der Waals surface area contributed by atoms with E-state index < -0.39 is 6.41 Å². The predicted molar refractivity (Wildman–Crippen MR) is 120 cm³/mol. The number of aliphatic hydroxyl groups excluding tert-OH is 1. The maximum atomic E-state index is 10.6. The first-order valence-electron chi connectivity index (χ1n) is 11.9. The van der Waals surface area contributed by atoms with Crippen molar-refractivity contribution in [3.05, 3.63) is 17.5 Å². The Morgan fingerprint density at radius 2 is 1.94 bits per heavy atom. The summed E-state index contributed by atoms with van der Waals surface area (Å²) in [6.07, 6.45) is 8.37. The zero-order valence-corrected chi connectivity index (χ0v) is 19.6. The number of aliphatic hydroxyl groups is 1. The van der Waals surface area contributed by atoms with E-state index in [1.807, 2.05) is 27.7 Å². The van der Waals surface area contributed by atoms with Gasteiger partial charge in [-0.1, -0.05) is 16.8 Å². The molecule has 31 heavy (non-hydrogen) atoms. The molecule has 4 heterocycles. The summed E-state index contributed by atoms with van der Waals surface area (Å²) < 4.78 is 11.2. The number of hydrogen-bond donors (Lipinski definition) is 1. The molecular weight excluding hydrogens is 394 g/mol. The van der Waals surface area contributed by atoms with Crippen LogP contribution in [0.15, 0.2) is 16.2 Å². The molecule has 0 radical (unpaired) electrons. The largest absolute Gasteiger partial charge is 0.356 e. The summed E-state index contributed by atoms with van der Waals surface area (Å²) in [7, 11) is 0. The Balaban J connectivity index is 1.32. The number of aryl methyl sites for hydroxylation is 1. The van der Waals surface area contributed by atoms with E-state index >= 15 is 0 Å². The van der Waals surface area contributed by atoms with Crippen molar-refractivity contribution in [1.82, 2.24) is 19.9 Å². The van der Waals surface area contributed by atoms with Crippen LogP contribution < -0.4 is 4.90 Å². The van der Waals surface area contributed by atoms with Crippen molar-refractivity contribution < 1.29 is 14.4 Å². The molecule has 0 bridgehead atoms. The number of rotatable bonds is 5. The minimum absolute atomic E-state index is 0.310. The van der Waals surface area contributed by atoms with Gasteiger partial charge in [0.1, 0.15) is 0 Å². The molecule has 2 saturated heterocycles. The van der Waals surface area contributed by atoms with Gasteiger partial charge in [-0.3, -0.25) is 4.90 Å². The smallest absolute Gasteiger partial charge is 0.324 e. The van der Waals surface area contributed by atoms with E-state index in [1.54, 1.807) is 0 Å². The molecule has 3 atom stereocenters. The van der Waals surface area contributed by atoms with Crippen molar-refractivity contribution in [2.24, 2.45) is 0 Å². The van der Waals surface area contributed by atoms with Crippen LogP contribution in [0.25, 0.3) is 0 Å². The van der Waals surface area contributed by atoms with Crippen LogP contribution in [0.4, 0.5) is 6.01 Å². The molecule has 8 nitrogen and oxygen atoms in total. The second-order valence-electron chi connectivity index (χ2n) is 10.2. The Kier molecular flexibility index (Phi) is 7.01. The predicted octanol–water partition coefficient (Wildman–Crippen LogP) is 2.92. The molecular formula is C23H39N5O3. The van der Waals surface area contributed by atoms with Gasteiger partial charge in [0, 0.05) is 44.8 Å². The van der Waals surface area contributed by atoms with Crippen LogP contribution in [-0.2, 0) is 4.74 Å². The molecule has 1 aromatic rings. The van der Waals surface area contributed by atoms with Gasteiger partial charge in [0.05, 0.1) is 5.60 Å². The van der Waals surface area contributed by atoms with Crippen molar-refractivity contribution in [3.8, 4) is 0 Å². The maximum absolute atomic E-state index is 10.6. The highest BCUT2D eigenvalue weighted by Gasteiger charge is 2.36. The minimum Gasteiger partial charge on any atom is -0.356 e. The van der Waals surface area contributed by atoms with Gasteiger partial charge in [-0.15, -0.1) is 0 Å². The molecule has 0 saturated carbocycles. The van der Waals surface area contributed by atoms with Crippen LogP contribution >= 0.6 is 0 Å². The third-order valence-electron chi connectivity index (χ3n) is 6.74. The molecule has 2 fully saturated rings. The van der Waals surface area contributed by atoms with Gasteiger partial charge in [0.2, 0.25) is 6.41 Å². The molecule has 0 amide bonds. The van der Waals surface area contributed by atoms with Crippen molar-refractivity contribution in [2.75, 3.05) is 37.6 Å². The molecule has 4 rings (SSSR count). The van der Waals surface area contributed by atoms with Gasteiger partial charge >= 0.3 is 6.01 Å². The number of likely N-dealkylation sites (tertiary alicyclic amines) is 1. The number of hydrogen-bond acceptors (Lipinski definition) is 8. The second kappa shape index (κ2) is 9.57. The van der Waals surface area contributed by atoms with Crippen molar-refractivity contribution >= 4 is 6.01 Å². The van der Waals surface area contributed by atoms with E-state index in [1.165, 1.54) is 12.0 Å². The normalized spacial score (nSPS) is 27.9. The van der Waals surface area contributed by atoms with Crippen LogP contribution in [0.5, 0.6) is 0 Å². The number of anilines is 1. The fourth-order valence-corrected chi connectivity index (χ4v) is 5.22. The lowest BCUT2D eigenvalue weighted by molar-refractivity contribution is -0.239. The highest BCUT2D eigenvalue weighted by molar-refractivity contribution is 5.25. The van der Waals surface area contributed by atoms with Crippen LogP contribution in [0.3, 0.4) is 0 Å².